The van der Waals surface area contributed by atoms with Gasteiger partial charge in [0, 0.05) is 5.92 Å². The van der Waals surface area contributed by atoms with Crippen molar-refractivity contribution in [1.29, 1.82) is 0 Å². The second-order valence-electron chi connectivity index (χ2n) is 4.64. The van der Waals surface area contributed by atoms with Gasteiger partial charge in [-0.1, -0.05) is 24.4 Å². The highest BCUT2D eigenvalue weighted by Gasteiger charge is 2.23. The number of hydrogen-bond acceptors (Lipinski definition) is 4. The summed E-state index contributed by atoms with van der Waals surface area (Å²) in [4.78, 5) is 0. The molecule has 1 aliphatic carbocycles. The Hall–Kier alpha value is -1.62. The van der Waals surface area contributed by atoms with Crippen molar-refractivity contribution in [3.63, 3.8) is 0 Å². The molecule has 1 aromatic heterocycles. The van der Waals surface area contributed by atoms with E-state index in [2.05, 4.69) is 15.5 Å². The third-order valence-corrected chi connectivity index (χ3v) is 3.78. The predicted octanol–water partition coefficient (Wildman–Crippen LogP) is 2.56. The van der Waals surface area contributed by atoms with E-state index in [9.17, 15) is 0 Å². The van der Waals surface area contributed by atoms with Crippen molar-refractivity contribution in [1.82, 2.24) is 20.2 Å². The van der Waals surface area contributed by atoms with Crippen LogP contribution in [0.4, 0.5) is 5.69 Å². The monoisotopic (exact) mass is 263 g/mol. The summed E-state index contributed by atoms with van der Waals surface area (Å²) in [5, 5.41) is 12.5. The normalized spacial score (nSPS) is 16.3. The molecule has 1 saturated carbocycles. The molecular weight excluding hydrogens is 250 g/mol. The Labute approximate surface area is 110 Å². The fourth-order valence-electron chi connectivity index (χ4n) is 2.48. The molecule has 2 N–H and O–H groups in total. The van der Waals surface area contributed by atoms with Crippen molar-refractivity contribution in [2.45, 2.75) is 31.6 Å². The minimum atomic E-state index is 0.455. The topological polar surface area (TPSA) is 69.6 Å². The number of nitrogen functional groups attached to an aromatic ring is 1. The number of nitrogens with zero attached hydrogens (tertiary/aromatic N) is 4. The molecule has 1 heterocycles. The number of anilines is 1. The number of tetrazole rings is 1. The van der Waals surface area contributed by atoms with Crippen LogP contribution in [-0.4, -0.2) is 20.2 Å². The van der Waals surface area contributed by atoms with Crippen LogP contribution in [-0.2, 0) is 0 Å². The smallest absolute Gasteiger partial charge is 0.159 e. The second kappa shape index (κ2) is 4.57. The molecule has 0 unspecified atom stereocenters. The highest BCUT2D eigenvalue weighted by atomic mass is 35.5. The van der Waals surface area contributed by atoms with E-state index in [1.54, 1.807) is 16.8 Å². The van der Waals surface area contributed by atoms with E-state index >= 15 is 0 Å². The first-order valence-corrected chi connectivity index (χ1v) is 6.47. The summed E-state index contributed by atoms with van der Waals surface area (Å²) in [7, 11) is 0. The molecule has 0 radical (unpaired) electrons. The Morgan fingerprint density at radius 2 is 2.06 bits per heavy atom. The summed E-state index contributed by atoms with van der Waals surface area (Å²) in [6.45, 7) is 0. The summed E-state index contributed by atoms with van der Waals surface area (Å²) >= 11 is 5.92. The standard InChI is InChI=1S/C12H14ClN5/c13-10-6-5-9(7-11(10)14)18-12(15-16-17-18)8-3-1-2-4-8/h5-8H,1-4,14H2. The Bertz CT molecular complexity index is 559. The first kappa shape index (κ1) is 11.5. The van der Waals surface area contributed by atoms with Crippen LogP contribution in [0, 0.1) is 0 Å². The third kappa shape index (κ3) is 1.95. The lowest BCUT2D eigenvalue weighted by molar-refractivity contribution is 0.636. The predicted molar refractivity (Wildman–Crippen MR) is 69.8 cm³/mol. The van der Waals surface area contributed by atoms with Gasteiger partial charge in [0.15, 0.2) is 5.82 Å². The first-order valence-electron chi connectivity index (χ1n) is 6.09. The molecular formula is C12H14ClN5. The molecule has 1 aromatic carbocycles. The quantitative estimate of drug-likeness (QED) is 0.846. The molecule has 0 amide bonds. The molecule has 18 heavy (non-hydrogen) atoms. The van der Waals surface area contributed by atoms with Gasteiger partial charge in [-0.2, -0.15) is 4.68 Å². The zero-order chi connectivity index (χ0) is 12.5. The Morgan fingerprint density at radius 3 is 2.78 bits per heavy atom. The lowest BCUT2D eigenvalue weighted by atomic mass is 10.1. The molecule has 6 heteroatoms. The van der Waals surface area contributed by atoms with Crippen molar-refractivity contribution >= 4 is 17.3 Å². The number of nitrogens with two attached hydrogens (primary N) is 1. The van der Waals surface area contributed by atoms with Gasteiger partial charge < -0.3 is 5.73 Å². The van der Waals surface area contributed by atoms with Crippen molar-refractivity contribution in [2.24, 2.45) is 0 Å². The maximum absolute atomic E-state index is 5.92. The summed E-state index contributed by atoms with van der Waals surface area (Å²) in [6, 6.07) is 5.46. The molecule has 0 atom stereocenters. The van der Waals surface area contributed by atoms with Gasteiger partial charge in [-0.25, -0.2) is 0 Å². The van der Waals surface area contributed by atoms with Gasteiger partial charge >= 0.3 is 0 Å². The molecule has 0 aliphatic heterocycles. The number of rotatable bonds is 2. The van der Waals surface area contributed by atoms with Crippen LogP contribution in [0.5, 0.6) is 0 Å². The van der Waals surface area contributed by atoms with Gasteiger partial charge in [0.05, 0.1) is 16.4 Å². The molecule has 0 spiro atoms. The minimum absolute atomic E-state index is 0.455. The molecule has 1 fully saturated rings. The van der Waals surface area contributed by atoms with E-state index in [4.69, 9.17) is 17.3 Å². The van der Waals surface area contributed by atoms with Crippen molar-refractivity contribution in [3.05, 3.63) is 29.0 Å². The van der Waals surface area contributed by atoms with Gasteiger partial charge in [0.2, 0.25) is 0 Å². The zero-order valence-corrected chi connectivity index (χ0v) is 10.6. The van der Waals surface area contributed by atoms with Gasteiger partial charge in [0.1, 0.15) is 0 Å². The van der Waals surface area contributed by atoms with E-state index < -0.39 is 0 Å². The number of halogens is 1. The largest absolute Gasteiger partial charge is 0.397 e. The molecule has 5 nitrogen and oxygen atoms in total. The summed E-state index contributed by atoms with van der Waals surface area (Å²) in [5.74, 6) is 1.38. The summed E-state index contributed by atoms with van der Waals surface area (Å²) in [5.41, 5.74) is 7.22. The van der Waals surface area contributed by atoms with Gasteiger partial charge in [-0.05, 0) is 41.5 Å². The lowest BCUT2D eigenvalue weighted by Crippen LogP contribution is -2.07. The first-order chi connectivity index (χ1) is 8.75. The van der Waals surface area contributed by atoms with Crippen LogP contribution in [0.1, 0.15) is 37.4 Å². The van der Waals surface area contributed by atoms with Crippen molar-refractivity contribution in [2.75, 3.05) is 5.73 Å². The third-order valence-electron chi connectivity index (χ3n) is 3.44. The SMILES string of the molecule is Nc1cc(-n2nnnc2C2CCCC2)ccc1Cl. The van der Waals surface area contributed by atoms with Crippen LogP contribution in [0.25, 0.3) is 5.69 Å². The number of aromatic nitrogens is 4. The lowest BCUT2D eigenvalue weighted by Gasteiger charge is -2.10. The van der Waals surface area contributed by atoms with Gasteiger partial charge in [-0.15, -0.1) is 5.10 Å². The van der Waals surface area contributed by atoms with Crippen LogP contribution in [0.15, 0.2) is 18.2 Å². The highest BCUT2D eigenvalue weighted by Crippen LogP contribution is 2.33. The molecule has 3 rings (SSSR count). The van der Waals surface area contributed by atoms with E-state index in [0.29, 0.717) is 16.6 Å². The van der Waals surface area contributed by atoms with Crippen LogP contribution >= 0.6 is 11.6 Å². The highest BCUT2D eigenvalue weighted by molar-refractivity contribution is 6.33. The van der Waals surface area contributed by atoms with Crippen LogP contribution in [0.3, 0.4) is 0 Å². The molecule has 0 bridgehead atoms. The average Bonchev–Trinajstić information content (AvgIpc) is 3.00. The van der Waals surface area contributed by atoms with Crippen molar-refractivity contribution in [3.8, 4) is 5.69 Å². The van der Waals surface area contributed by atoms with Crippen LogP contribution < -0.4 is 5.73 Å². The second-order valence-corrected chi connectivity index (χ2v) is 5.04. The van der Waals surface area contributed by atoms with Crippen molar-refractivity contribution < 1.29 is 0 Å². The fourth-order valence-corrected chi connectivity index (χ4v) is 2.60. The van der Waals surface area contributed by atoms with E-state index in [-0.39, 0.29) is 0 Å². The molecule has 1 aliphatic rings. The van der Waals surface area contributed by atoms with Crippen LogP contribution in [0.2, 0.25) is 5.02 Å². The molecule has 0 saturated heterocycles. The van der Waals surface area contributed by atoms with Gasteiger partial charge in [0.25, 0.3) is 0 Å². The zero-order valence-electron chi connectivity index (χ0n) is 9.88. The Kier molecular flexibility index (Phi) is 2.91. The average molecular weight is 264 g/mol. The maximum atomic E-state index is 5.92. The molecule has 2 aromatic rings. The van der Waals surface area contributed by atoms with E-state index in [1.165, 1.54) is 12.8 Å². The molecule has 94 valence electrons. The Morgan fingerprint density at radius 1 is 1.28 bits per heavy atom. The fraction of sp³-hybridized carbons (Fsp3) is 0.417. The summed E-state index contributed by atoms with van der Waals surface area (Å²) in [6.07, 6.45) is 4.81. The Balaban J connectivity index is 2.00. The minimum Gasteiger partial charge on any atom is -0.397 e. The van der Waals surface area contributed by atoms with E-state index in [1.807, 2.05) is 6.07 Å². The number of benzene rings is 1. The van der Waals surface area contributed by atoms with Gasteiger partial charge in [-0.3, -0.25) is 0 Å². The maximum Gasteiger partial charge on any atom is 0.159 e. The van der Waals surface area contributed by atoms with E-state index in [0.717, 1.165) is 24.4 Å². The number of hydrogen-bond donors (Lipinski definition) is 1. The summed E-state index contributed by atoms with van der Waals surface area (Å²) < 4.78 is 1.77.